The van der Waals surface area contributed by atoms with Gasteiger partial charge in [0.1, 0.15) is 23.1 Å². The Hall–Kier alpha value is -2.97. The Labute approximate surface area is 138 Å². The summed E-state index contributed by atoms with van der Waals surface area (Å²) in [6, 6.07) is 12.7. The molecule has 0 heterocycles. The Bertz CT molecular complexity index is 792. The van der Waals surface area contributed by atoms with Crippen LogP contribution in [-0.4, -0.2) is 18.1 Å². The van der Waals surface area contributed by atoms with Gasteiger partial charge in [-0.2, -0.15) is 5.26 Å². The SMILES string of the molecule is COc1ccc(/C=C(\C#N)C(=O)Nc2ccc(O)cc2)cc1Cl. The molecule has 0 spiro atoms. The van der Waals surface area contributed by atoms with Crippen LogP contribution in [0.3, 0.4) is 0 Å². The highest BCUT2D eigenvalue weighted by molar-refractivity contribution is 6.32. The molecule has 0 fully saturated rings. The number of halogens is 1. The quantitative estimate of drug-likeness (QED) is 0.510. The fourth-order valence-corrected chi connectivity index (χ4v) is 2.10. The third-order valence-electron chi connectivity index (χ3n) is 2.98. The van der Waals surface area contributed by atoms with Gasteiger partial charge in [-0.15, -0.1) is 0 Å². The summed E-state index contributed by atoms with van der Waals surface area (Å²) < 4.78 is 5.05. The first-order chi connectivity index (χ1) is 11.0. The van der Waals surface area contributed by atoms with Crippen LogP contribution in [0.2, 0.25) is 5.02 Å². The topological polar surface area (TPSA) is 82.3 Å². The van der Waals surface area contributed by atoms with Gasteiger partial charge in [0.25, 0.3) is 5.91 Å². The second kappa shape index (κ2) is 7.34. The lowest BCUT2D eigenvalue weighted by Gasteiger charge is -2.05. The molecule has 2 N–H and O–H groups in total. The Balaban J connectivity index is 2.21. The molecular formula is C17H13ClN2O3. The van der Waals surface area contributed by atoms with Crippen molar-refractivity contribution in [2.24, 2.45) is 0 Å². The number of carbonyl (C=O) groups excluding carboxylic acids is 1. The van der Waals surface area contributed by atoms with Gasteiger partial charge in [0.05, 0.1) is 12.1 Å². The van der Waals surface area contributed by atoms with E-state index in [2.05, 4.69) is 5.32 Å². The first kappa shape index (κ1) is 16.4. The number of methoxy groups -OCH3 is 1. The van der Waals surface area contributed by atoms with E-state index < -0.39 is 5.91 Å². The Morgan fingerprint density at radius 2 is 2.00 bits per heavy atom. The first-order valence-electron chi connectivity index (χ1n) is 6.59. The molecule has 2 aromatic carbocycles. The van der Waals surface area contributed by atoms with Crippen LogP contribution in [0.15, 0.2) is 48.0 Å². The molecule has 1 amide bonds. The van der Waals surface area contributed by atoms with E-state index in [1.165, 1.54) is 37.5 Å². The lowest BCUT2D eigenvalue weighted by Crippen LogP contribution is -2.13. The van der Waals surface area contributed by atoms with Crippen LogP contribution in [0, 0.1) is 11.3 Å². The van der Waals surface area contributed by atoms with Crippen molar-refractivity contribution in [2.75, 3.05) is 12.4 Å². The molecule has 2 aromatic rings. The van der Waals surface area contributed by atoms with Gasteiger partial charge in [-0.1, -0.05) is 17.7 Å². The Morgan fingerprint density at radius 1 is 1.30 bits per heavy atom. The standard InChI is InChI=1S/C17H13ClN2O3/c1-23-16-7-2-11(9-15(16)18)8-12(10-19)17(22)20-13-3-5-14(21)6-4-13/h2-9,21H,1H3,(H,20,22)/b12-8+. The fraction of sp³-hybridized carbons (Fsp3) is 0.0588. The molecule has 0 saturated carbocycles. The van der Waals surface area contributed by atoms with Crippen LogP contribution < -0.4 is 10.1 Å². The van der Waals surface area contributed by atoms with Crippen LogP contribution in [0.4, 0.5) is 5.69 Å². The van der Waals surface area contributed by atoms with Crippen molar-refractivity contribution in [3.8, 4) is 17.6 Å². The zero-order valence-corrected chi connectivity index (χ0v) is 13.0. The molecular weight excluding hydrogens is 316 g/mol. The summed E-state index contributed by atoms with van der Waals surface area (Å²) in [6.45, 7) is 0. The Morgan fingerprint density at radius 3 is 2.57 bits per heavy atom. The van der Waals surface area contributed by atoms with Crippen LogP contribution in [-0.2, 0) is 4.79 Å². The van der Waals surface area contributed by atoms with Crippen molar-refractivity contribution in [1.82, 2.24) is 0 Å². The van der Waals surface area contributed by atoms with Gasteiger partial charge >= 0.3 is 0 Å². The number of phenols is 1. The van der Waals surface area contributed by atoms with Gasteiger partial charge in [0.2, 0.25) is 0 Å². The van der Waals surface area contributed by atoms with Gasteiger partial charge < -0.3 is 15.2 Å². The average Bonchev–Trinajstić information content (AvgIpc) is 2.54. The number of anilines is 1. The van der Waals surface area contributed by atoms with Crippen LogP contribution in [0.1, 0.15) is 5.56 Å². The summed E-state index contributed by atoms with van der Waals surface area (Å²) in [5, 5.41) is 21.3. The van der Waals surface area contributed by atoms with E-state index in [9.17, 15) is 15.2 Å². The van der Waals surface area contributed by atoms with E-state index in [0.29, 0.717) is 22.0 Å². The minimum absolute atomic E-state index is 0.0701. The van der Waals surface area contributed by atoms with E-state index in [4.69, 9.17) is 16.3 Å². The van der Waals surface area contributed by atoms with Crippen molar-refractivity contribution in [3.05, 3.63) is 58.6 Å². The van der Waals surface area contributed by atoms with E-state index in [1.54, 1.807) is 18.2 Å². The maximum Gasteiger partial charge on any atom is 0.266 e. The molecule has 0 aliphatic rings. The largest absolute Gasteiger partial charge is 0.508 e. The van der Waals surface area contributed by atoms with Gasteiger partial charge in [-0.05, 0) is 48.0 Å². The zero-order chi connectivity index (χ0) is 16.8. The molecule has 0 aromatic heterocycles. The number of carbonyl (C=O) groups is 1. The van der Waals surface area contributed by atoms with E-state index in [-0.39, 0.29) is 11.3 Å². The number of hydrogen-bond acceptors (Lipinski definition) is 4. The molecule has 6 heteroatoms. The zero-order valence-electron chi connectivity index (χ0n) is 12.2. The average molecular weight is 329 g/mol. The highest BCUT2D eigenvalue weighted by Crippen LogP contribution is 2.26. The van der Waals surface area contributed by atoms with Crippen LogP contribution in [0.25, 0.3) is 6.08 Å². The van der Waals surface area contributed by atoms with Gasteiger partial charge in [-0.25, -0.2) is 0 Å². The highest BCUT2D eigenvalue weighted by Gasteiger charge is 2.10. The molecule has 0 aliphatic carbocycles. The number of hydrogen-bond donors (Lipinski definition) is 2. The van der Waals surface area contributed by atoms with Crippen LogP contribution >= 0.6 is 11.6 Å². The number of nitrogens with zero attached hydrogens (tertiary/aromatic N) is 1. The number of benzene rings is 2. The minimum Gasteiger partial charge on any atom is -0.508 e. The molecule has 0 unspecified atom stereocenters. The van der Waals surface area contributed by atoms with Gasteiger partial charge in [0.15, 0.2) is 0 Å². The lowest BCUT2D eigenvalue weighted by atomic mass is 10.1. The number of phenolic OH excluding ortho intramolecular Hbond substituents is 1. The predicted molar refractivity (Wildman–Crippen MR) is 88.3 cm³/mol. The summed E-state index contributed by atoms with van der Waals surface area (Å²) in [4.78, 5) is 12.1. The number of aromatic hydroxyl groups is 1. The van der Waals surface area contributed by atoms with E-state index in [0.717, 1.165) is 0 Å². The summed E-state index contributed by atoms with van der Waals surface area (Å²) in [5.74, 6) is 0.0490. The first-order valence-corrected chi connectivity index (χ1v) is 6.97. The van der Waals surface area contributed by atoms with E-state index >= 15 is 0 Å². The highest BCUT2D eigenvalue weighted by atomic mass is 35.5. The molecule has 0 aliphatic heterocycles. The van der Waals surface area contributed by atoms with Crippen LogP contribution in [0.5, 0.6) is 11.5 Å². The lowest BCUT2D eigenvalue weighted by molar-refractivity contribution is -0.112. The number of rotatable bonds is 4. The fourth-order valence-electron chi connectivity index (χ4n) is 1.83. The molecule has 2 rings (SSSR count). The van der Waals surface area contributed by atoms with Crippen molar-refractivity contribution in [3.63, 3.8) is 0 Å². The molecule has 5 nitrogen and oxygen atoms in total. The second-order valence-electron chi connectivity index (χ2n) is 4.56. The number of nitrogens with one attached hydrogen (secondary N) is 1. The predicted octanol–water partition coefficient (Wildman–Crippen LogP) is 3.60. The third kappa shape index (κ3) is 4.25. The van der Waals surface area contributed by atoms with Crippen molar-refractivity contribution in [1.29, 1.82) is 5.26 Å². The van der Waals surface area contributed by atoms with Gasteiger partial charge in [0, 0.05) is 5.69 Å². The maximum absolute atomic E-state index is 12.1. The molecule has 0 atom stereocenters. The second-order valence-corrected chi connectivity index (χ2v) is 4.97. The smallest absolute Gasteiger partial charge is 0.266 e. The molecule has 23 heavy (non-hydrogen) atoms. The molecule has 0 bridgehead atoms. The minimum atomic E-state index is -0.551. The number of amides is 1. The van der Waals surface area contributed by atoms with Crippen molar-refractivity contribution in [2.45, 2.75) is 0 Å². The van der Waals surface area contributed by atoms with Crippen molar-refractivity contribution < 1.29 is 14.6 Å². The summed E-state index contributed by atoms with van der Waals surface area (Å²) in [7, 11) is 1.50. The van der Waals surface area contributed by atoms with E-state index in [1.807, 2.05) is 6.07 Å². The Kier molecular flexibility index (Phi) is 5.23. The summed E-state index contributed by atoms with van der Waals surface area (Å²) >= 11 is 6.02. The maximum atomic E-state index is 12.1. The normalized spacial score (nSPS) is 10.7. The summed E-state index contributed by atoms with van der Waals surface area (Å²) in [6.07, 6.45) is 1.43. The number of ether oxygens (including phenoxy) is 1. The molecule has 0 radical (unpaired) electrons. The van der Waals surface area contributed by atoms with Gasteiger partial charge in [-0.3, -0.25) is 4.79 Å². The monoisotopic (exact) mass is 328 g/mol. The molecule has 0 saturated heterocycles. The van der Waals surface area contributed by atoms with Crippen molar-refractivity contribution >= 4 is 29.3 Å². The third-order valence-corrected chi connectivity index (χ3v) is 3.27. The number of nitriles is 1. The molecule has 116 valence electrons. The summed E-state index contributed by atoms with van der Waals surface area (Å²) in [5.41, 5.74) is 1.01.